The van der Waals surface area contributed by atoms with Gasteiger partial charge in [-0.3, -0.25) is 9.59 Å². The summed E-state index contributed by atoms with van der Waals surface area (Å²) in [5, 5.41) is 11.8. The first-order valence-corrected chi connectivity index (χ1v) is 5.30. The molecule has 0 radical (unpaired) electrons. The average Bonchev–Trinajstić information content (AvgIpc) is 2.58. The van der Waals surface area contributed by atoms with Gasteiger partial charge >= 0.3 is 5.97 Å². The molecule has 0 saturated carbocycles. The topological polar surface area (TPSA) is 86.7 Å². The zero-order valence-corrected chi connectivity index (χ0v) is 8.97. The minimum atomic E-state index is -1.03. The highest BCUT2D eigenvalue weighted by Gasteiger charge is 2.49. The first kappa shape index (κ1) is 10.9. The number of nitrogens with one attached hydrogen (secondary N) is 1. The minimum Gasteiger partial charge on any atom is -0.480 e. The molecule has 0 aromatic carbocycles. The van der Waals surface area contributed by atoms with Gasteiger partial charge in [0.15, 0.2) is 0 Å². The second-order valence-electron chi connectivity index (χ2n) is 4.30. The molecule has 2 amide bonds. The van der Waals surface area contributed by atoms with Crippen LogP contribution in [0.25, 0.3) is 0 Å². The number of carboxylic acids is 1. The van der Waals surface area contributed by atoms with Crippen LogP contribution in [0.5, 0.6) is 0 Å². The van der Waals surface area contributed by atoms with Crippen LogP contribution in [0, 0.1) is 11.8 Å². The summed E-state index contributed by atoms with van der Waals surface area (Å²) in [6, 6.07) is -0.866. The number of fused-ring (bicyclic) bond motifs is 1. The SMILES string of the molecule is CC(=O)N1CCC2C(=O)NCC2C1C(=O)O. The average molecular weight is 226 g/mol. The third-order valence-corrected chi connectivity index (χ3v) is 3.45. The molecule has 3 atom stereocenters. The molecule has 2 fully saturated rings. The molecule has 88 valence electrons. The van der Waals surface area contributed by atoms with Gasteiger partial charge in [-0.2, -0.15) is 0 Å². The van der Waals surface area contributed by atoms with Gasteiger partial charge in [-0.25, -0.2) is 4.79 Å². The van der Waals surface area contributed by atoms with Crippen molar-refractivity contribution in [1.82, 2.24) is 10.2 Å². The van der Waals surface area contributed by atoms with Crippen molar-refractivity contribution in [2.75, 3.05) is 13.1 Å². The van der Waals surface area contributed by atoms with E-state index < -0.39 is 12.0 Å². The molecule has 2 rings (SSSR count). The lowest BCUT2D eigenvalue weighted by molar-refractivity contribution is -0.155. The number of carboxylic acid groups (broad SMARTS) is 1. The van der Waals surface area contributed by atoms with Gasteiger partial charge in [0.2, 0.25) is 11.8 Å². The lowest BCUT2D eigenvalue weighted by atomic mass is 9.81. The Kier molecular flexibility index (Phi) is 2.57. The van der Waals surface area contributed by atoms with Crippen molar-refractivity contribution in [2.45, 2.75) is 19.4 Å². The Morgan fingerprint density at radius 2 is 2.19 bits per heavy atom. The summed E-state index contributed by atoms with van der Waals surface area (Å²) in [4.78, 5) is 35.3. The molecule has 2 saturated heterocycles. The summed E-state index contributed by atoms with van der Waals surface area (Å²) in [5.41, 5.74) is 0. The van der Waals surface area contributed by atoms with E-state index in [4.69, 9.17) is 5.11 Å². The molecular formula is C10H14N2O4. The Morgan fingerprint density at radius 3 is 2.75 bits per heavy atom. The van der Waals surface area contributed by atoms with E-state index >= 15 is 0 Å². The molecule has 2 aliphatic rings. The maximum absolute atomic E-state index is 11.4. The van der Waals surface area contributed by atoms with E-state index in [-0.39, 0.29) is 23.7 Å². The molecule has 0 bridgehead atoms. The summed E-state index contributed by atoms with van der Waals surface area (Å²) in [5.74, 6) is -1.90. The van der Waals surface area contributed by atoms with E-state index in [0.29, 0.717) is 19.5 Å². The van der Waals surface area contributed by atoms with Crippen molar-refractivity contribution in [1.29, 1.82) is 0 Å². The number of carbonyl (C=O) groups is 3. The standard InChI is InChI=1S/C10H14N2O4/c1-5(13)12-3-2-6-7(4-11-9(6)14)8(12)10(15)16/h6-8H,2-4H2,1H3,(H,11,14)(H,15,16). The van der Waals surface area contributed by atoms with E-state index in [2.05, 4.69) is 5.32 Å². The maximum Gasteiger partial charge on any atom is 0.326 e. The summed E-state index contributed by atoms with van der Waals surface area (Å²) in [6.07, 6.45) is 0.555. The number of carbonyl (C=O) groups excluding carboxylic acids is 2. The first-order chi connectivity index (χ1) is 7.52. The Bertz CT molecular complexity index is 355. The predicted octanol–water partition coefficient (Wildman–Crippen LogP) is -0.946. The van der Waals surface area contributed by atoms with Gasteiger partial charge in [0.05, 0.1) is 0 Å². The molecule has 0 spiro atoms. The van der Waals surface area contributed by atoms with Crippen molar-refractivity contribution < 1.29 is 19.5 Å². The number of amides is 2. The van der Waals surface area contributed by atoms with Crippen LogP contribution >= 0.6 is 0 Å². The predicted molar refractivity (Wildman–Crippen MR) is 53.4 cm³/mol. The highest BCUT2D eigenvalue weighted by atomic mass is 16.4. The number of nitrogens with zero attached hydrogens (tertiary/aromatic N) is 1. The van der Waals surface area contributed by atoms with E-state index in [1.807, 2.05) is 0 Å². The molecule has 2 heterocycles. The van der Waals surface area contributed by atoms with Crippen LogP contribution in [-0.2, 0) is 14.4 Å². The van der Waals surface area contributed by atoms with Crippen LogP contribution in [-0.4, -0.2) is 46.9 Å². The Labute approximate surface area is 92.6 Å². The van der Waals surface area contributed by atoms with Crippen LogP contribution in [0.15, 0.2) is 0 Å². The zero-order valence-electron chi connectivity index (χ0n) is 8.97. The number of aliphatic carboxylic acids is 1. The molecule has 2 aliphatic heterocycles. The smallest absolute Gasteiger partial charge is 0.326 e. The van der Waals surface area contributed by atoms with Crippen LogP contribution < -0.4 is 5.32 Å². The van der Waals surface area contributed by atoms with Crippen molar-refractivity contribution in [3.63, 3.8) is 0 Å². The molecule has 0 aromatic heterocycles. The van der Waals surface area contributed by atoms with Gasteiger partial charge in [0.25, 0.3) is 0 Å². The number of rotatable bonds is 1. The molecule has 6 nitrogen and oxygen atoms in total. The molecule has 16 heavy (non-hydrogen) atoms. The lowest BCUT2D eigenvalue weighted by Crippen LogP contribution is -2.55. The maximum atomic E-state index is 11.4. The monoisotopic (exact) mass is 226 g/mol. The van der Waals surface area contributed by atoms with Crippen LogP contribution in [0.3, 0.4) is 0 Å². The molecule has 6 heteroatoms. The van der Waals surface area contributed by atoms with E-state index in [1.165, 1.54) is 11.8 Å². The molecular weight excluding hydrogens is 212 g/mol. The third-order valence-electron chi connectivity index (χ3n) is 3.45. The quantitative estimate of drug-likeness (QED) is 0.603. The van der Waals surface area contributed by atoms with Crippen molar-refractivity contribution >= 4 is 17.8 Å². The highest BCUT2D eigenvalue weighted by molar-refractivity contribution is 5.87. The molecule has 0 aliphatic carbocycles. The van der Waals surface area contributed by atoms with Crippen LogP contribution in [0.1, 0.15) is 13.3 Å². The first-order valence-electron chi connectivity index (χ1n) is 5.30. The van der Waals surface area contributed by atoms with Gasteiger partial charge in [-0.1, -0.05) is 0 Å². The van der Waals surface area contributed by atoms with Crippen molar-refractivity contribution in [3.05, 3.63) is 0 Å². The summed E-state index contributed by atoms with van der Waals surface area (Å²) in [7, 11) is 0. The number of piperidine rings is 1. The van der Waals surface area contributed by atoms with Gasteiger partial charge in [0.1, 0.15) is 6.04 Å². The lowest BCUT2D eigenvalue weighted by Gasteiger charge is -2.38. The minimum absolute atomic E-state index is 0.0838. The Morgan fingerprint density at radius 1 is 1.50 bits per heavy atom. The van der Waals surface area contributed by atoms with E-state index in [9.17, 15) is 14.4 Å². The van der Waals surface area contributed by atoms with Gasteiger partial charge in [0, 0.05) is 31.8 Å². The fourth-order valence-corrected chi connectivity index (χ4v) is 2.68. The van der Waals surface area contributed by atoms with E-state index in [0.717, 1.165) is 0 Å². The second-order valence-corrected chi connectivity index (χ2v) is 4.30. The van der Waals surface area contributed by atoms with Gasteiger partial charge in [-0.05, 0) is 6.42 Å². The van der Waals surface area contributed by atoms with Crippen molar-refractivity contribution in [3.8, 4) is 0 Å². The fraction of sp³-hybridized carbons (Fsp3) is 0.700. The number of likely N-dealkylation sites (tertiary alicyclic amines) is 1. The Balaban J connectivity index is 2.27. The molecule has 3 unspecified atom stereocenters. The summed E-state index contributed by atoms with van der Waals surface area (Å²) < 4.78 is 0. The van der Waals surface area contributed by atoms with Gasteiger partial charge < -0.3 is 15.3 Å². The zero-order chi connectivity index (χ0) is 11.9. The Hall–Kier alpha value is -1.59. The second kappa shape index (κ2) is 3.77. The number of hydrogen-bond acceptors (Lipinski definition) is 3. The van der Waals surface area contributed by atoms with Crippen LogP contribution in [0.2, 0.25) is 0 Å². The third kappa shape index (κ3) is 1.54. The molecule has 2 N–H and O–H groups in total. The molecule has 0 aromatic rings. The fourth-order valence-electron chi connectivity index (χ4n) is 2.68. The van der Waals surface area contributed by atoms with Crippen molar-refractivity contribution in [2.24, 2.45) is 11.8 Å². The summed E-state index contributed by atoms with van der Waals surface area (Å²) >= 11 is 0. The van der Waals surface area contributed by atoms with E-state index in [1.54, 1.807) is 0 Å². The number of hydrogen-bond donors (Lipinski definition) is 2. The van der Waals surface area contributed by atoms with Gasteiger partial charge in [-0.15, -0.1) is 0 Å². The highest BCUT2D eigenvalue weighted by Crippen LogP contribution is 2.32. The largest absolute Gasteiger partial charge is 0.480 e. The normalized spacial score (nSPS) is 33.2. The summed E-state index contributed by atoms with van der Waals surface area (Å²) in [6.45, 7) is 2.06. The van der Waals surface area contributed by atoms with Crippen LogP contribution in [0.4, 0.5) is 0 Å².